The first-order chi connectivity index (χ1) is 10.1. The highest BCUT2D eigenvalue weighted by atomic mass is 19.1. The van der Waals surface area contributed by atoms with E-state index in [-0.39, 0.29) is 5.69 Å². The van der Waals surface area contributed by atoms with Crippen LogP contribution in [0.4, 0.5) is 20.2 Å². The number of halogens is 2. The van der Waals surface area contributed by atoms with Gasteiger partial charge in [-0.15, -0.1) is 0 Å². The first kappa shape index (κ1) is 13.0. The van der Waals surface area contributed by atoms with E-state index < -0.39 is 23.1 Å². The fraction of sp³-hybridized carbons (Fsp3) is 0. The summed E-state index contributed by atoms with van der Waals surface area (Å²) in [6.07, 6.45) is 3.08. The molecule has 4 N–H and O–H groups in total. The maximum Gasteiger partial charge on any atom is 0.261 e. The Balaban J connectivity index is 1.94. The van der Waals surface area contributed by atoms with Gasteiger partial charge in [-0.25, -0.2) is 13.8 Å². The lowest BCUT2D eigenvalue weighted by Gasteiger charge is -2.08. The number of rotatable bonds is 2. The quantitative estimate of drug-likeness (QED) is 0.634. The highest BCUT2D eigenvalue weighted by Crippen LogP contribution is 2.21. The molecule has 0 saturated heterocycles. The fourth-order valence-corrected chi connectivity index (χ4v) is 1.98. The van der Waals surface area contributed by atoms with Gasteiger partial charge in [0.2, 0.25) is 0 Å². The molecule has 0 saturated carbocycles. The zero-order valence-electron chi connectivity index (χ0n) is 10.7. The zero-order chi connectivity index (χ0) is 15.0. The van der Waals surface area contributed by atoms with Gasteiger partial charge >= 0.3 is 0 Å². The van der Waals surface area contributed by atoms with E-state index in [1.165, 1.54) is 6.20 Å². The molecule has 3 aromatic rings. The van der Waals surface area contributed by atoms with Crippen molar-refractivity contribution < 1.29 is 13.6 Å². The van der Waals surface area contributed by atoms with Crippen LogP contribution >= 0.6 is 0 Å². The summed E-state index contributed by atoms with van der Waals surface area (Å²) < 4.78 is 27.4. The average Bonchev–Trinajstić information content (AvgIpc) is 2.91. The Morgan fingerprint density at radius 2 is 2.10 bits per heavy atom. The number of amides is 1. The van der Waals surface area contributed by atoms with Crippen molar-refractivity contribution in [1.82, 2.24) is 9.97 Å². The van der Waals surface area contributed by atoms with Gasteiger partial charge in [-0.3, -0.25) is 4.79 Å². The highest BCUT2D eigenvalue weighted by molar-refractivity contribution is 6.05. The summed E-state index contributed by atoms with van der Waals surface area (Å²) in [5.41, 5.74) is 5.31. The van der Waals surface area contributed by atoms with Crippen LogP contribution < -0.4 is 11.1 Å². The van der Waals surface area contributed by atoms with Gasteiger partial charge in [-0.05, 0) is 24.3 Å². The normalized spacial score (nSPS) is 10.8. The highest BCUT2D eigenvalue weighted by Gasteiger charge is 2.19. The molecule has 106 valence electrons. The molecule has 1 amide bonds. The third-order valence-corrected chi connectivity index (χ3v) is 3.01. The van der Waals surface area contributed by atoms with E-state index in [0.717, 1.165) is 17.5 Å². The van der Waals surface area contributed by atoms with Gasteiger partial charge in [0, 0.05) is 11.6 Å². The van der Waals surface area contributed by atoms with Crippen molar-refractivity contribution in [3.8, 4) is 0 Å². The van der Waals surface area contributed by atoms with Crippen molar-refractivity contribution in [1.29, 1.82) is 0 Å². The summed E-state index contributed by atoms with van der Waals surface area (Å²) >= 11 is 0. The van der Waals surface area contributed by atoms with Crippen LogP contribution in [0.1, 0.15) is 10.4 Å². The van der Waals surface area contributed by atoms with Gasteiger partial charge in [0.15, 0.2) is 5.82 Å². The van der Waals surface area contributed by atoms with E-state index in [4.69, 9.17) is 5.73 Å². The Kier molecular flexibility index (Phi) is 3.02. The first-order valence-corrected chi connectivity index (χ1v) is 6.04. The van der Waals surface area contributed by atoms with Gasteiger partial charge in [0.05, 0.1) is 17.6 Å². The van der Waals surface area contributed by atoms with Crippen molar-refractivity contribution >= 4 is 28.3 Å². The Labute approximate surface area is 117 Å². The largest absolute Gasteiger partial charge is 0.396 e. The monoisotopic (exact) mass is 288 g/mol. The van der Waals surface area contributed by atoms with Crippen LogP contribution in [0.15, 0.2) is 36.7 Å². The molecule has 5 nitrogen and oxygen atoms in total. The van der Waals surface area contributed by atoms with E-state index in [1.54, 1.807) is 18.3 Å². The van der Waals surface area contributed by atoms with Crippen LogP contribution in [0.3, 0.4) is 0 Å². The molecule has 0 aliphatic carbocycles. The smallest absolute Gasteiger partial charge is 0.261 e. The minimum absolute atomic E-state index is 0.291. The minimum atomic E-state index is -1.08. The van der Waals surface area contributed by atoms with E-state index >= 15 is 0 Å². The lowest BCUT2D eigenvalue weighted by molar-refractivity contribution is 0.101. The number of aromatic nitrogens is 2. The molecule has 0 atom stereocenters. The number of nitrogen functional groups attached to an aromatic ring is 1. The van der Waals surface area contributed by atoms with Gasteiger partial charge in [-0.2, -0.15) is 0 Å². The third-order valence-electron chi connectivity index (χ3n) is 3.01. The van der Waals surface area contributed by atoms with E-state index in [1.807, 2.05) is 0 Å². The first-order valence-electron chi connectivity index (χ1n) is 6.04. The maximum absolute atomic E-state index is 13.8. The molecule has 2 aromatic heterocycles. The van der Waals surface area contributed by atoms with Crippen molar-refractivity contribution in [2.75, 3.05) is 11.1 Å². The van der Waals surface area contributed by atoms with Crippen molar-refractivity contribution in [3.05, 3.63) is 53.9 Å². The number of H-pyrrole nitrogens is 1. The topological polar surface area (TPSA) is 83.8 Å². The zero-order valence-corrected chi connectivity index (χ0v) is 10.7. The Bertz CT molecular complexity index is 844. The number of carbonyl (C=O) groups excluding carboxylic acids is 1. The number of fused-ring (bicyclic) bond motifs is 1. The van der Waals surface area contributed by atoms with Gasteiger partial charge in [-0.1, -0.05) is 0 Å². The molecule has 0 aliphatic heterocycles. The number of nitrogens with two attached hydrogens (primary N) is 1. The van der Waals surface area contributed by atoms with E-state index in [2.05, 4.69) is 15.3 Å². The summed E-state index contributed by atoms with van der Waals surface area (Å²) in [6, 6.07) is 5.41. The van der Waals surface area contributed by atoms with Gasteiger partial charge < -0.3 is 16.0 Å². The number of anilines is 2. The number of benzene rings is 1. The minimum Gasteiger partial charge on any atom is -0.396 e. The molecule has 0 radical (unpaired) electrons. The molecular weight excluding hydrogens is 278 g/mol. The summed E-state index contributed by atoms with van der Waals surface area (Å²) in [6.45, 7) is 0. The number of nitrogens with zero attached hydrogens (tertiary/aromatic N) is 1. The molecule has 0 aliphatic rings. The van der Waals surface area contributed by atoms with Crippen molar-refractivity contribution in [3.63, 3.8) is 0 Å². The van der Waals surface area contributed by atoms with E-state index in [0.29, 0.717) is 11.3 Å². The molecule has 0 unspecified atom stereocenters. The predicted octanol–water partition coefficient (Wildman–Crippen LogP) is 2.68. The second-order valence-corrected chi connectivity index (χ2v) is 4.42. The van der Waals surface area contributed by atoms with Crippen LogP contribution in [-0.2, 0) is 0 Å². The van der Waals surface area contributed by atoms with Crippen LogP contribution in [0.25, 0.3) is 11.0 Å². The summed E-state index contributed by atoms with van der Waals surface area (Å²) in [4.78, 5) is 19.0. The van der Waals surface area contributed by atoms with Crippen LogP contribution in [0, 0.1) is 11.6 Å². The van der Waals surface area contributed by atoms with Crippen molar-refractivity contribution in [2.45, 2.75) is 0 Å². The lowest BCUT2D eigenvalue weighted by Crippen LogP contribution is -2.17. The molecule has 3 rings (SSSR count). The fourth-order valence-electron chi connectivity index (χ4n) is 1.98. The van der Waals surface area contributed by atoms with Crippen LogP contribution in [0.2, 0.25) is 0 Å². The second-order valence-electron chi connectivity index (χ2n) is 4.42. The molecule has 0 fully saturated rings. The van der Waals surface area contributed by atoms with Crippen molar-refractivity contribution in [2.24, 2.45) is 0 Å². The summed E-state index contributed by atoms with van der Waals surface area (Å²) in [5, 5.41) is 3.16. The van der Waals surface area contributed by atoms with Crippen LogP contribution in [-0.4, -0.2) is 15.9 Å². The molecule has 0 bridgehead atoms. The Morgan fingerprint density at radius 3 is 2.90 bits per heavy atom. The molecule has 0 spiro atoms. The van der Waals surface area contributed by atoms with E-state index in [9.17, 15) is 13.6 Å². The molecule has 21 heavy (non-hydrogen) atoms. The van der Waals surface area contributed by atoms with Gasteiger partial charge in [0.25, 0.3) is 5.91 Å². The summed E-state index contributed by atoms with van der Waals surface area (Å²) in [7, 11) is 0. The maximum atomic E-state index is 13.8. The number of pyridine rings is 1. The van der Waals surface area contributed by atoms with Crippen LogP contribution in [0.5, 0.6) is 0 Å². The lowest BCUT2D eigenvalue weighted by atomic mass is 10.1. The third kappa shape index (κ3) is 2.29. The Hall–Kier alpha value is -2.96. The predicted molar refractivity (Wildman–Crippen MR) is 74.8 cm³/mol. The van der Waals surface area contributed by atoms with Gasteiger partial charge in [0.1, 0.15) is 17.0 Å². The standard InChI is InChI=1S/C14H10F2N4O/c15-9-1-2-10(17)12(16)11(9)14(21)20-8-5-7-3-4-18-13(7)19-6-8/h1-6H,17H2,(H,18,19)(H,20,21). The number of carbonyl (C=O) groups is 1. The average molecular weight is 288 g/mol. The molecule has 2 heterocycles. The second kappa shape index (κ2) is 4.86. The summed E-state index contributed by atoms with van der Waals surface area (Å²) in [5.74, 6) is -2.98. The number of nitrogens with one attached hydrogen (secondary N) is 2. The number of hydrogen-bond acceptors (Lipinski definition) is 3. The number of aromatic amines is 1. The molecular formula is C14H10F2N4O. The Morgan fingerprint density at radius 1 is 1.29 bits per heavy atom. The molecule has 1 aromatic carbocycles. The molecule has 7 heteroatoms. The SMILES string of the molecule is Nc1ccc(F)c(C(=O)Nc2cnc3[nH]ccc3c2)c1F. The number of hydrogen-bond donors (Lipinski definition) is 3.